The molecule has 6 heteroatoms. The minimum Gasteiger partial charge on any atom is -0.469 e. The summed E-state index contributed by atoms with van der Waals surface area (Å²) in [6.07, 6.45) is 0.521. The smallest absolute Gasteiger partial charge is 0.308 e. The van der Waals surface area contributed by atoms with Gasteiger partial charge in [-0.15, -0.1) is 0 Å². The predicted octanol–water partition coefficient (Wildman–Crippen LogP) is 2.55. The zero-order valence-electron chi connectivity index (χ0n) is 11.8. The van der Waals surface area contributed by atoms with E-state index in [9.17, 15) is 4.79 Å². The summed E-state index contributed by atoms with van der Waals surface area (Å²) in [7, 11) is 1.38. The van der Waals surface area contributed by atoms with Crippen molar-refractivity contribution in [3.05, 3.63) is 30.3 Å². The number of nitrogens with one attached hydrogen (secondary N) is 2. The van der Waals surface area contributed by atoms with E-state index in [1.54, 1.807) is 6.92 Å². The molecule has 0 aromatic heterocycles. The highest BCUT2D eigenvalue weighted by Crippen LogP contribution is 2.06. The standard InChI is InChI=1S/C14H19N3O2S/c1-10(13(18)19-3)9-11(2)16-17-14(20)15-12-7-5-4-6-8-12/h4-8,10H,9H2,1-3H3,(H2,15,17,20)/b16-11+/t10-/m1/s1. The summed E-state index contributed by atoms with van der Waals surface area (Å²) in [4.78, 5) is 11.3. The molecule has 0 amide bonds. The van der Waals surface area contributed by atoms with Crippen molar-refractivity contribution in [2.24, 2.45) is 11.0 Å². The van der Waals surface area contributed by atoms with Crippen molar-refractivity contribution >= 4 is 34.7 Å². The number of thiocarbonyl (C=S) groups is 1. The van der Waals surface area contributed by atoms with E-state index in [1.807, 2.05) is 37.3 Å². The number of para-hydroxylation sites is 1. The van der Waals surface area contributed by atoms with Crippen LogP contribution >= 0.6 is 12.2 Å². The first-order valence-corrected chi connectivity index (χ1v) is 6.66. The van der Waals surface area contributed by atoms with Crippen LogP contribution in [0.1, 0.15) is 20.3 Å². The second-order valence-corrected chi connectivity index (χ2v) is 4.82. The number of hydrazone groups is 1. The molecule has 1 rings (SSSR count). The molecule has 1 aromatic carbocycles. The number of rotatable bonds is 5. The van der Waals surface area contributed by atoms with E-state index in [0.29, 0.717) is 11.5 Å². The van der Waals surface area contributed by atoms with Crippen LogP contribution in [0.5, 0.6) is 0 Å². The summed E-state index contributed by atoms with van der Waals surface area (Å²) in [5, 5.41) is 7.54. The number of anilines is 1. The molecule has 0 unspecified atom stereocenters. The molecule has 0 radical (unpaired) electrons. The Morgan fingerprint density at radius 3 is 2.65 bits per heavy atom. The maximum Gasteiger partial charge on any atom is 0.308 e. The zero-order chi connectivity index (χ0) is 15.0. The van der Waals surface area contributed by atoms with Crippen molar-refractivity contribution in [1.29, 1.82) is 0 Å². The average molecular weight is 293 g/mol. The zero-order valence-corrected chi connectivity index (χ0v) is 12.7. The molecule has 1 aromatic rings. The third-order valence-electron chi connectivity index (χ3n) is 2.59. The number of methoxy groups -OCH3 is 1. The minimum atomic E-state index is -0.246. The lowest BCUT2D eigenvalue weighted by atomic mass is 10.1. The first-order chi connectivity index (χ1) is 9.52. The van der Waals surface area contributed by atoms with E-state index >= 15 is 0 Å². The van der Waals surface area contributed by atoms with Crippen molar-refractivity contribution < 1.29 is 9.53 Å². The van der Waals surface area contributed by atoms with Gasteiger partial charge in [-0.1, -0.05) is 25.1 Å². The molecule has 0 saturated heterocycles. The Morgan fingerprint density at radius 1 is 1.40 bits per heavy atom. The van der Waals surface area contributed by atoms with E-state index in [0.717, 1.165) is 11.4 Å². The predicted molar refractivity (Wildman–Crippen MR) is 84.7 cm³/mol. The average Bonchev–Trinajstić information content (AvgIpc) is 2.45. The molecule has 5 nitrogen and oxygen atoms in total. The molecule has 0 aliphatic heterocycles. The van der Waals surface area contributed by atoms with Gasteiger partial charge in [-0.05, 0) is 31.3 Å². The van der Waals surface area contributed by atoms with Gasteiger partial charge in [-0.2, -0.15) is 5.10 Å². The first-order valence-electron chi connectivity index (χ1n) is 6.26. The Kier molecular flexibility index (Phi) is 6.66. The maximum absolute atomic E-state index is 11.3. The highest BCUT2D eigenvalue weighted by Gasteiger charge is 2.13. The van der Waals surface area contributed by atoms with Crippen LogP contribution in [0, 0.1) is 5.92 Å². The van der Waals surface area contributed by atoms with Crippen LogP contribution in [0.3, 0.4) is 0 Å². The lowest BCUT2D eigenvalue weighted by molar-refractivity contribution is -0.144. The van der Waals surface area contributed by atoms with Gasteiger partial charge in [0.15, 0.2) is 5.11 Å². The Labute approximate surface area is 124 Å². The Bertz CT molecular complexity index is 488. The molecule has 0 spiro atoms. The third kappa shape index (κ3) is 5.79. The van der Waals surface area contributed by atoms with Gasteiger partial charge >= 0.3 is 5.97 Å². The SMILES string of the molecule is COC(=O)[C@H](C)C/C(C)=N/NC(=S)Nc1ccccc1. The molecule has 0 bridgehead atoms. The van der Waals surface area contributed by atoms with E-state index in [1.165, 1.54) is 7.11 Å². The highest BCUT2D eigenvalue weighted by atomic mass is 32.1. The van der Waals surface area contributed by atoms with Crippen molar-refractivity contribution in [3.8, 4) is 0 Å². The second-order valence-electron chi connectivity index (χ2n) is 4.41. The second kappa shape index (κ2) is 8.27. The number of carbonyl (C=O) groups excluding carboxylic acids is 1. The van der Waals surface area contributed by atoms with Crippen molar-refractivity contribution in [2.45, 2.75) is 20.3 Å². The maximum atomic E-state index is 11.3. The molecule has 0 saturated carbocycles. The van der Waals surface area contributed by atoms with Gasteiger partial charge in [0.05, 0.1) is 13.0 Å². The molecule has 0 fully saturated rings. The lowest BCUT2D eigenvalue weighted by Gasteiger charge is -2.10. The number of carbonyl (C=O) groups is 1. The summed E-state index contributed by atoms with van der Waals surface area (Å²) < 4.78 is 4.67. The number of nitrogens with zero attached hydrogens (tertiary/aromatic N) is 1. The Morgan fingerprint density at radius 2 is 2.05 bits per heavy atom. The van der Waals surface area contributed by atoms with Crippen LogP contribution in [-0.2, 0) is 9.53 Å². The molecule has 1 atom stereocenters. The Balaban J connectivity index is 2.42. The monoisotopic (exact) mass is 293 g/mol. The molecule has 0 aliphatic rings. The van der Waals surface area contributed by atoms with Crippen LogP contribution < -0.4 is 10.7 Å². The summed E-state index contributed by atoms with van der Waals surface area (Å²) in [6.45, 7) is 3.63. The number of benzene rings is 1. The van der Waals surface area contributed by atoms with Gasteiger partial charge in [0.2, 0.25) is 0 Å². The largest absolute Gasteiger partial charge is 0.469 e. The number of ether oxygens (including phenoxy) is 1. The van der Waals surface area contributed by atoms with Gasteiger partial charge < -0.3 is 10.1 Å². The molecule has 0 heterocycles. The summed E-state index contributed by atoms with van der Waals surface area (Å²) in [5.74, 6) is -0.467. The molecule has 108 valence electrons. The number of hydrogen-bond donors (Lipinski definition) is 2. The summed E-state index contributed by atoms with van der Waals surface area (Å²) in [6, 6.07) is 9.57. The minimum absolute atomic E-state index is 0.221. The number of hydrogen-bond acceptors (Lipinski definition) is 4. The first kappa shape index (κ1) is 16.1. The third-order valence-corrected chi connectivity index (χ3v) is 2.78. The lowest BCUT2D eigenvalue weighted by Crippen LogP contribution is -2.25. The molecular formula is C14H19N3O2S. The highest BCUT2D eigenvalue weighted by molar-refractivity contribution is 7.80. The van der Waals surface area contributed by atoms with E-state index in [2.05, 4.69) is 20.6 Å². The fourth-order valence-electron chi connectivity index (χ4n) is 1.60. The molecule has 0 aliphatic carbocycles. The normalized spacial score (nSPS) is 12.4. The topological polar surface area (TPSA) is 62.7 Å². The van der Waals surface area contributed by atoms with Crippen molar-refractivity contribution in [2.75, 3.05) is 12.4 Å². The van der Waals surface area contributed by atoms with E-state index in [-0.39, 0.29) is 11.9 Å². The van der Waals surface area contributed by atoms with Gasteiger partial charge in [0.25, 0.3) is 0 Å². The van der Waals surface area contributed by atoms with Gasteiger partial charge in [-0.3, -0.25) is 10.2 Å². The van der Waals surface area contributed by atoms with Crippen LogP contribution in [0.4, 0.5) is 5.69 Å². The van der Waals surface area contributed by atoms with E-state index < -0.39 is 0 Å². The molecule has 20 heavy (non-hydrogen) atoms. The summed E-state index contributed by atoms with van der Waals surface area (Å²) in [5.41, 5.74) is 4.42. The van der Waals surface area contributed by atoms with E-state index in [4.69, 9.17) is 12.2 Å². The number of esters is 1. The van der Waals surface area contributed by atoms with Crippen LogP contribution in [0.25, 0.3) is 0 Å². The van der Waals surface area contributed by atoms with Crippen LogP contribution in [0.15, 0.2) is 35.4 Å². The molecular weight excluding hydrogens is 274 g/mol. The van der Waals surface area contributed by atoms with Crippen molar-refractivity contribution in [1.82, 2.24) is 5.43 Å². The van der Waals surface area contributed by atoms with Crippen molar-refractivity contribution in [3.63, 3.8) is 0 Å². The quantitative estimate of drug-likeness (QED) is 0.378. The Hall–Kier alpha value is -1.95. The summed E-state index contributed by atoms with van der Waals surface area (Å²) >= 11 is 5.12. The fourth-order valence-corrected chi connectivity index (χ4v) is 1.76. The van der Waals surface area contributed by atoms with Gasteiger partial charge in [0.1, 0.15) is 0 Å². The van der Waals surface area contributed by atoms with Crippen LogP contribution in [-0.4, -0.2) is 23.9 Å². The molecule has 2 N–H and O–H groups in total. The van der Waals surface area contributed by atoms with Gasteiger partial charge in [-0.25, -0.2) is 0 Å². The van der Waals surface area contributed by atoms with Crippen LogP contribution in [0.2, 0.25) is 0 Å². The van der Waals surface area contributed by atoms with Gasteiger partial charge in [0, 0.05) is 17.8 Å². The fraction of sp³-hybridized carbons (Fsp3) is 0.357.